The van der Waals surface area contributed by atoms with Crippen LogP contribution in [0, 0.1) is 0 Å². The SMILES string of the molecule is CCNC(=NCc1ccco1)NCCCc1cnn(C)c1. The number of aryl methyl sites for hydroxylation is 2. The van der Waals surface area contributed by atoms with Gasteiger partial charge in [0.1, 0.15) is 12.3 Å². The molecule has 0 aromatic carbocycles. The summed E-state index contributed by atoms with van der Waals surface area (Å²) in [5.41, 5.74) is 1.26. The Hall–Kier alpha value is -2.24. The van der Waals surface area contributed by atoms with E-state index in [1.54, 1.807) is 6.26 Å². The Morgan fingerprint density at radius 3 is 3.00 bits per heavy atom. The monoisotopic (exact) mass is 289 g/mol. The maximum Gasteiger partial charge on any atom is 0.191 e. The lowest BCUT2D eigenvalue weighted by atomic mass is 10.2. The van der Waals surface area contributed by atoms with Crippen LogP contribution in [0.1, 0.15) is 24.7 Å². The van der Waals surface area contributed by atoms with Crippen LogP contribution in [0.3, 0.4) is 0 Å². The van der Waals surface area contributed by atoms with Gasteiger partial charge in [0.05, 0.1) is 12.5 Å². The highest BCUT2D eigenvalue weighted by Gasteiger charge is 2.00. The van der Waals surface area contributed by atoms with E-state index in [1.165, 1.54) is 5.56 Å². The Labute approximate surface area is 125 Å². The molecule has 2 aromatic heterocycles. The van der Waals surface area contributed by atoms with E-state index >= 15 is 0 Å². The number of hydrogen-bond acceptors (Lipinski definition) is 3. The minimum Gasteiger partial charge on any atom is -0.467 e. The lowest BCUT2D eigenvalue weighted by Crippen LogP contribution is -2.37. The highest BCUT2D eigenvalue weighted by atomic mass is 16.3. The van der Waals surface area contributed by atoms with Gasteiger partial charge in [-0.05, 0) is 37.5 Å². The van der Waals surface area contributed by atoms with Gasteiger partial charge in [-0.3, -0.25) is 4.68 Å². The zero-order valence-corrected chi connectivity index (χ0v) is 12.7. The van der Waals surface area contributed by atoms with Gasteiger partial charge in [-0.1, -0.05) is 0 Å². The van der Waals surface area contributed by atoms with E-state index in [0.717, 1.165) is 37.7 Å². The van der Waals surface area contributed by atoms with Crippen molar-refractivity contribution in [3.05, 3.63) is 42.1 Å². The molecule has 0 aliphatic rings. The standard InChI is InChI=1S/C15H23N5O/c1-3-16-15(18-11-14-7-5-9-21-14)17-8-4-6-13-10-19-20(2)12-13/h5,7,9-10,12H,3-4,6,8,11H2,1-2H3,(H2,16,17,18). The van der Waals surface area contributed by atoms with E-state index in [0.29, 0.717) is 6.54 Å². The second kappa shape index (κ2) is 8.14. The average Bonchev–Trinajstić information content (AvgIpc) is 3.12. The first kappa shape index (κ1) is 15.2. The molecule has 0 aliphatic heterocycles. The molecule has 2 heterocycles. The van der Waals surface area contributed by atoms with Gasteiger partial charge in [-0.15, -0.1) is 0 Å². The van der Waals surface area contributed by atoms with Gasteiger partial charge in [-0.2, -0.15) is 5.10 Å². The van der Waals surface area contributed by atoms with Crippen LogP contribution >= 0.6 is 0 Å². The van der Waals surface area contributed by atoms with Gasteiger partial charge in [0.15, 0.2) is 5.96 Å². The van der Waals surface area contributed by atoms with Crippen molar-refractivity contribution in [3.8, 4) is 0 Å². The van der Waals surface area contributed by atoms with Crippen molar-refractivity contribution in [2.24, 2.45) is 12.0 Å². The quantitative estimate of drug-likeness (QED) is 0.462. The summed E-state index contributed by atoms with van der Waals surface area (Å²) < 4.78 is 7.11. The first-order valence-corrected chi connectivity index (χ1v) is 7.30. The maximum absolute atomic E-state index is 5.28. The van der Waals surface area contributed by atoms with E-state index in [2.05, 4.69) is 33.8 Å². The predicted octanol–water partition coefficient (Wildman–Crippen LogP) is 1.70. The number of rotatable bonds is 7. The van der Waals surface area contributed by atoms with Crippen molar-refractivity contribution < 1.29 is 4.42 Å². The number of hydrogen-bond donors (Lipinski definition) is 2. The molecule has 0 aliphatic carbocycles. The minimum absolute atomic E-state index is 0.547. The summed E-state index contributed by atoms with van der Waals surface area (Å²) in [5.74, 6) is 1.68. The lowest BCUT2D eigenvalue weighted by molar-refractivity contribution is 0.512. The van der Waals surface area contributed by atoms with E-state index in [1.807, 2.05) is 30.1 Å². The summed E-state index contributed by atoms with van der Waals surface area (Å²) in [6, 6.07) is 3.80. The Kier molecular flexibility index (Phi) is 5.87. The fourth-order valence-corrected chi connectivity index (χ4v) is 2.00. The summed E-state index contributed by atoms with van der Waals surface area (Å²) in [6.45, 7) is 4.32. The molecule has 2 aromatic rings. The molecule has 6 nitrogen and oxygen atoms in total. The number of aliphatic imine (C=N–C) groups is 1. The van der Waals surface area contributed by atoms with Crippen molar-refractivity contribution in [2.45, 2.75) is 26.3 Å². The molecule has 0 saturated carbocycles. The molecule has 2 rings (SSSR count). The molecule has 21 heavy (non-hydrogen) atoms. The molecule has 0 saturated heterocycles. The third kappa shape index (κ3) is 5.33. The second-order valence-electron chi connectivity index (χ2n) is 4.83. The van der Waals surface area contributed by atoms with E-state index in [4.69, 9.17) is 4.42 Å². The summed E-state index contributed by atoms with van der Waals surface area (Å²) >= 11 is 0. The molecule has 0 spiro atoms. The highest BCUT2D eigenvalue weighted by molar-refractivity contribution is 5.79. The molecule has 0 bridgehead atoms. The lowest BCUT2D eigenvalue weighted by Gasteiger charge is -2.10. The summed E-state index contributed by atoms with van der Waals surface area (Å²) in [4.78, 5) is 4.49. The average molecular weight is 289 g/mol. The van der Waals surface area contributed by atoms with Gasteiger partial charge < -0.3 is 15.1 Å². The fraction of sp³-hybridized carbons (Fsp3) is 0.467. The summed E-state index contributed by atoms with van der Waals surface area (Å²) in [7, 11) is 1.94. The van der Waals surface area contributed by atoms with Crippen LogP contribution in [0.2, 0.25) is 0 Å². The Morgan fingerprint density at radius 2 is 2.33 bits per heavy atom. The molecule has 114 valence electrons. The molecule has 2 N–H and O–H groups in total. The Morgan fingerprint density at radius 1 is 1.43 bits per heavy atom. The number of guanidine groups is 1. The van der Waals surface area contributed by atoms with Crippen LogP contribution in [0.25, 0.3) is 0 Å². The van der Waals surface area contributed by atoms with Crippen molar-refractivity contribution in [1.29, 1.82) is 0 Å². The van der Waals surface area contributed by atoms with Gasteiger partial charge in [0, 0.05) is 26.3 Å². The van der Waals surface area contributed by atoms with Crippen molar-refractivity contribution in [3.63, 3.8) is 0 Å². The highest BCUT2D eigenvalue weighted by Crippen LogP contribution is 2.02. The van der Waals surface area contributed by atoms with Crippen LogP contribution in [0.4, 0.5) is 0 Å². The minimum atomic E-state index is 0.547. The zero-order chi connectivity index (χ0) is 14.9. The predicted molar refractivity (Wildman–Crippen MR) is 83.1 cm³/mol. The van der Waals surface area contributed by atoms with Crippen LogP contribution in [0.5, 0.6) is 0 Å². The van der Waals surface area contributed by atoms with E-state index < -0.39 is 0 Å². The third-order valence-electron chi connectivity index (χ3n) is 3.01. The van der Waals surface area contributed by atoms with Crippen LogP contribution in [-0.4, -0.2) is 28.8 Å². The molecular weight excluding hydrogens is 266 g/mol. The first-order chi connectivity index (χ1) is 10.3. The normalized spacial score (nSPS) is 11.6. The molecule has 0 fully saturated rings. The maximum atomic E-state index is 5.28. The van der Waals surface area contributed by atoms with E-state index in [-0.39, 0.29) is 0 Å². The van der Waals surface area contributed by atoms with Gasteiger partial charge in [0.25, 0.3) is 0 Å². The van der Waals surface area contributed by atoms with Crippen LogP contribution < -0.4 is 10.6 Å². The molecule has 6 heteroatoms. The van der Waals surface area contributed by atoms with E-state index in [9.17, 15) is 0 Å². The smallest absolute Gasteiger partial charge is 0.191 e. The Bertz CT molecular complexity index is 544. The topological polar surface area (TPSA) is 67.4 Å². The number of nitrogens with zero attached hydrogens (tertiary/aromatic N) is 3. The first-order valence-electron chi connectivity index (χ1n) is 7.30. The molecule has 0 amide bonds. The fourth-order valence-electron chi connectivity index (χ4n) is 2.00. The summed E-state index contributed by atoms with van der Waals surface area (Å²) in [5, 5.41) is 10.7. The third-order valence-corrected chi connectivity index (χ3v) is 3.01. The molecule has 0 atom stereocenters. The van der Waals surface area contributed by atoms with Crippen molar-refractivity contribution in [1.82, 2.24) is 20.4 Å². The van der Waals surface area contributed by atoms with Gasteiger partial charge >= 0.3 is 0 Å². The zero-order valence-electron chi connectivity index (χ0n) is 12.7. The van der Waals surface area contributed by atoms with Crippen molar-refractivity contribution >= 4 is 5.96 Å². The number of furan rings is 1. The van der Waals surface area contributed by atoms with Gasteiger partial charge in [0.2, 0.25) is 0 Å². The Balaban J connectivity index is 1.73. The van der Waals surface area contributed by atoms with Crippen LogP contribution in [0.15, 0.2) is 40.2 Å². The molecular formula is C15H23N5O. The molecule has 0 radical (unpaired) electrons. The van der Waals surface area contributed by atoms with Crippen LogP contribution in [-0.2, 0) is 20.0 Å². The number of aromatic nitrogens is 2. The van der Waals surface area contributed by atoms with Gasteiger partial charge in [-0.25, -0.2) is 4.99 Å². The second-order valence-corrected chi connectivity index (χ2v) is 4.83. The largest absolute Gasteiger partial charge is 0.467 e. The molecule has 0 unspecified atom stereocenters. The number of nitrogens with one attached hydrogen (secondary N) is 2. The van der Waals surface area contributed by atoms with Crippen molar-refractivity contribution in [2.75, 3.05) is 13.1 Å². The summed E-state index contributed by atoms with van der Waals surface area (Å²) in [6.07, 6.45) is 7.68.